The molecule has 3 heteroatoms. The van der Waals surface area contributed by atoms with Crippen LogP contribution in [-0.2, 0) is 0 Å². The monoisotopic (exact) mass is 276 g/mol. The van der Waals surface area contributed by atoms with E-state index in [9.17, 15) is 8.78 Å². The standard InChI is InChI=1S/C18H11BF2/c19-15-9-5-8-13(12-6-1-3-10-16(12)20)18(15)14-7-2-4-11-17(14)21/h1-11H. The van der Waals surface area contributed by atoms with Gasteiger partial charge in [-0.2, -0.15) is 0 Å². The molecule has 100 valence electrons. The highest BCUT2D eigenvalue weighted by Crippen LogP contribution is 2.33. The van der Waals surface area contributed by atoms with Crippen LogP contribution in [0.2, 0.25) is 0 Å². The van der Waals surface area contributed by atoms with Gasteiger partial charge in [0.15, 0.2) is 0 Å². The molecule has 0 aliphatic heterocycles. The number of rotatable bonds is 2. The molecule has 0 amide bonds. The minimum atomic E-state index is -0.381. The molecule has 21 heavy (non-hydrogen) atoms. The second-order valence-electron chi connectivity index (χ2n) is 4.73. The van der Waals surface area contributed by atoms with Gasteiger partial charge in [0.2, 0.25) is 0 Å². The molecule has 0 atom stereocenters. The van der Waals surface area contributed by atoms with E-state index in [0.717, 1.165) is 0 Å². The van der Waals surface area contributed by atoms with Crippen LogP contribution in [0.25, 0.3) is 22.3 Å². The second kappa shape index (κ2) is 5.53. The minimum absolute atomic E-state index is 0.360. The fraction of sp³-hybridized carbons (Fsp3) is 0. The summed E-state index contributed by atoms with van der Waals surface area (Å²) in [7, 11) is 6.02. The fourth-order valence-electron chi connectivity index (χ4n) is 2.44. The van der Waals surface area contributed by atoms with E-state index in [0.29, 0.717) is 27.7 Å². The normalized spacial score (nSPS) is 10.6. The van der Waals surface area contributed by atoms with Crippen LogP contribution in [0.4, 0.5) is 8.78 Å². The molecule has 0 fully saturated rings. The Hall–Kier alpha value is -2.42. The maximum Gasteiger partial charge on any atom is 0.131 e. The van der Waals surface area contributed by atoms with Gasteiger partial charge in [0, 0.05) is 11.1 Å². The van der Waals surface area contributed by atoms with Crippen molar-refractivity contribution in [2.75, 3.05) is 0 Å². The Morgan fingerprint density at radius 1 is 0.571 bits per heavy atom. The summed E-state index contributed by atoms with van der Waals surface area (Å²) in [5.74, 6) is -0.742. The molecule has 0 saturated heterocycles. The van der Waals surface area contributed by atoms with Gasteiger partial charge in [0.25, 0.3) is 0 Å². The van der Waals surface area contributed by atoms with Crippen molar-refractivity contribution in [3.8, 4) is 22.3 Å². The van der Waals surface area contributed by atoms with Crippen molar-refractivity contribution in [3.63, 3.8) is 0 Å². The lowest BCUT2D eigenvalue weighted by molar-refractivity contribution is 0.629. The molecule has 0 N–H and O–H groups in total. The number of benzene rings is 3. The molecule has 0 aromatic heterocycles. The molecule has 0 saturated carbocycles. The highest BCUT2D eigenvalue weighted by Gasteiger charge is 2.15. The molecule has 0 aliphatic carbocycles. The highest BCUT2D eigenvalue weighted by atomic mass is 19.1. The molecule has 3 aromatic carbocycles. The van der Waals surface area contributed by atoms with E-state index in [-0.39, 0.29) is 11.6 Å². The van der Waals surface area contributed by atoms with Gasteiger partial charge in [0.1, 0.15) is 19.5 Å². The smallest absolute Gasteiger partial charge is 0.131 e. The average Bonchev–Trinajstić information content (AvgIpc) is 2.49. The van der Waals surface area contributed by atoms with E-state index < -0.39 is 0 Å². The largest absolute Gasteiger partial charge is 0.206 e. The highest BCUT2D eigenvalue weighted by molar-refractivity contribution is 6.37. The van der Waals surface area contributed by atoms with Crippen LogP contribution in [0.1, 0.15) is 0 Å². The van der Waals surface area contributed by atoms with E-state index in [1.54, 1.807) is 54.6 Å². The average molecular weight is 276 g/mol. The Balaban J connectivity index is 2.32. The lowest BCUT2D eigenvalue weighted by Crippen LogP contribution is -2.09. The van der Waals surface area contributed by atoms with Crippen molar-refractivity contribution in [2.45, 2.75) is 0 Å². The molecule has 2 radical (unpaired) electrons. The van der Waals surface area contributed by atoms with E-state index >= 15 is 0 Å². The Morgan fingerprint density at radius 2 is 1.10 bits per heavy atom. The summed E-state index contributed by atoms with van der Waals surface area (Å²) in [5.41, 5.74) is 2.29. The molecular formula is C18H11BF2. The summed E-state index contributed by atoms with van der Waals surface area (Å²) in [6.07, 6.45) is 0. The first kappa shape index (κ1) is 13.6. The van der Waals surface area contributed by atoms with Crippen LogP contribution < -0.4 is 5.46 Å². The van der Waals surface area contributed by atoms with Crippen molar-refractivity contribution in [3.05, 3.63) is 78.4 Å². The summed E-state index contributed by atoms with van der Waals surface area (Å²) in [6.45, 7) is 0. The summed E-state index contributed by atoms with van der Waals surface area (Å²) >= 11 is 0. The zero-order valence-corrected chi connectivity index (χ0v) is 11.2. The fourth-order valence-corrected chi connectivity index (χ4v) is 2.44. The van der Waals surface area contributed by atoms with Gasteiger partial charge in [0.05, 0.1) is 0 Å². The van der Waals surface area contributed by atoms with Crippen molar-refractivity contribution in [2.24, 2.45) is 0 Å². The van der Waals surface area contributed by atoms with Gasteiger partial charge in [-0.25, -0.2) is 8.78 Å². The minimum Gasteiger partial charge on any atom is -0.206 e. The number of halogens is 2. The molecule has 0 aliphatic rings. The molecule has 3 rings (SSSR count). The van der Waals surface area contributed by atoms with E-state index in [1.807, 2.05) is 0 Å². The van der Waals surface area contributed by atoms with Crippen LogP contribution in [0.5, 0.6) is 0 Å². The van der Waals surface area contributed by atoms with Gasteiger partial charge < -0.3 is 0 Å². The summed E-state index contributed by atoms with van der Waals surface area (Å²) in [6, 6.07) is 17.9. The van der Waals surface area contributed by atoms with Crippen LogP contribution in [0, 0.1) is 11.6 Å². The molecular weight excluding hydrogens is 265 g/mol. The Kier molecular flexibility index (Phi) is 3.57. The first-order chi connectivity index (χ1) is 10.2. The van der Waals surface area contributed by atoms with E-state index in [4.69, 9.17) is 7.85 Å². The predicted molar refractivity (Wildman–Crippen MR) is 82.6 cm³/mol. The van der Waals surface area contributed by atoms with Crippen molar-refractivity contribution in [1.82, 2.24) is 0 Å². The Morgan fingerprint density at radius 3 is 1.71 bits per heavy atom. The van der Waals surface area contributed by atoms with E-state index in [1.165, 1.54) is 12.1 Å². The predicted octanol–water partition coefficient (Wildman–Crippen LogP) is 4.09. The molecule has 0 heterocycles. The van der Waals surface area contributed by atoms with Crippen molar-refractivity contribution < 1.29 is 8.78 Å². The van der Waals surface area contributed by atoms with Crippen LogP contribution in [0.15, 0.2) is 66.7 Å². The van der Waals surface area contributed by atoms with Gasteiger partial charge in [-0.3, -0.25) is 0 Å². The molecule has 0 nitrogen and oxygen atoms in total. The van der Waals surface area contributed by atoms with Crippen molar-refractivity contribution >= 4 is 13.3 Å². The SMILES string of the molecule is [B]c1cccc(-c2ccccc2F)c1-c1ccccc1F. The summed E-state index contributed by atoms with van der Waals surface area (Å²) in [4.78, 5) is 0. The van der Waals surface area contributed by atoms with Crippen LogP contribution in [-0.4, -0.2) is 7.85 Å². The van der Waals surface area contributed by atoms with Crippen molar-refractivity contribution in [1.29, 1.82) is 0 Å². The molecule has 0 spiro atoms. The Labute approximate surface area is 123 Å². The Bertz CT molecular complexity index is 797. The maximum atomic E-state index is 14.1. The number of hydrogen-bond donors (Lipinski definition) is 0. The first-order valence-electron chi connectivity index (χ1n) is 6.57. The zero-order valence-electron chi connectivity index (χ0n) is 11.2. The quantitative estimate of drug-likeness (QED) is 0.618. The third-order valence-electron chi connectivity index (χ3n) is 3.40. The molecule has 3 aromatic rings. The molecule has 0 bridgehead atoms. The second-order valence-corrected chi connectivity index (χ2v) is 4.73. The third kappa shape index (κ3) is 2.47. The van der Waals surface area contributed by atoms with Gasteiger partial charge in [-0.1, -0.05) is 60.1 Å². The van der Waals surface area contributed by atoms with Crippen LogP contribution >= 0.6 is 0 Å². The maximum absolute atomic E-state index is 14.1. The lowest BCUT2D eigenvalue weighted by atomic mass is 9.82. The van der Waals surface area contributed by atoms with Gasteiger partial charge >= 0.3 is 0 Å². The first-order valence-corrected chi connectivity index (χ1v) is 6.57. The molecule has 0 unspecified atom stereocenters. The summed E-state index contributed by atoms with van der Waals surface area (Å²) in [5, 5.41) is 0. The third-order valence-corrected chi connectivity index (χ3v) is 3.40. The number of hydrogen-bond acceptors (Lipinski definition) is 0. The van der Waals surface area contributed by atoms with Gasteiger partial charge in [-0.05, 0) is 23.3 Å². The lowest BCUT2D eigenvalue weighted by Gasteiger charge is -2.15. The zero-order chi connectivity index (χ0) is 14.8. The summed E-state index contributed by atoms with van der Waals surface area (Å²) < 4.78 is 28.2. The van der Waals surface area contributed by atoms with Gasteiger partial charge in [-0.15, -0.1) is 0 Å². The topological polar surface area (TPSA) is 0 Å². The van der Waals surface area contributed by atoms with E-state index in [2.05, 4.69) is 0 Å². The van der Waals surface area contributed by atoms with Crippen LogP contribution in [0.3, 0.4) is 0 Å².